The predicted octanol–water partition coefficient (Wildman–Crippen LogP) is 3.16. The largest absolute Gasteiger partial charge is 0.486 e. The van der Waals surface area contributed by atoms with E-state index in [0.29, 0.717) is 18.0 Å². The Kier molecular flexibility index (Phi) is 4.12. The minimum absolute atomic E-state index is 0.413. The van der Waals surface area contributed by atoms with E-state index < -0.39 is 0 Å². The van der Waals surface area contributed by atoms with E-state index in [1.807, 2.05) is 12.1 Å². The fourth-order valence-corrected chi connectivity index (χ4v) is 1.41. The Morgan fingerprint density at radius 2 is 2.31 bits per heavy atom. The molecule has 0 aromatic heterocycles. The zero-order valence-corrected chi connectivity index (χ0v) is 9.18. The molecule has 1 aromatic carbocycles. The van der Waals surface area contributed by atoms with Crippen LogP contribution in [-0.2, 0) is 0 Å². The molecule has 0 fully saturated rings. The lowest BCUT2D eigenvalue weighted by atomic mass is 10.3. The highest BCUT2D eigenvalue weighted by molar-refractivity contribution is 9.10. The maximum Gasteiger partial charge on any atom is 0.156 e. The second kappa shape index (κ2) is 5.14. The first kappa shape index (κ1) is 10.4. The van der Waals surface area contributed by atoms with Gasteiger partial charge in [0.25, 0.3) is 0 Å². The van der Waals surface area contributed by atoms with E-state index in [2.05, 4.69) is 15.9 Å². The van der Waals surface area contributed by atoms with Gasteiger partial charge in [-0.1, -0.05) is 17.7 Å². The number of para-hydroxylation sites is 1. The molecule has 0 atom stereocenters. The maximum atomic E-state index is 5.69. The van der Waals surface area contributed by atoms with Crippen molar-refractivity contribution in [1.29, 1.82) is 0 Å². The molecule has 0 aliphatic carbocycles. The summed E-state index contributed by atoms with van der Waals surface area (Å²) in [5.41, 5.74) is 7.71. The van der Waals surface area contributed by atoms with Crippen LogP contribution in [0.2, 0.25) is 0 Å². The third kappa shape index (κ3) is 2.94. The Labute approximate surface area is 90.5 Å². The topological polar surface area (TPSA) is 35.2 Å². The average Bonchev–Trinajstić information content (AvgIpc) is 2.10. The number of hydrogen-bond donors (Lipinski definition) is 1. The van der Waals surface area contributed by atoms with Gasteiger partial charge in [-0.2, -0.15) is 0 Å². The number of ether oxygens (including phenoxy) is 1. The maximum absolute atomic E-state index is 5.69. The van der Waals surface area contributed by atoms with E-state index >= 15 is 0 Å². The molecule has 1 aromatic rings. The normalized spacial score (nSPS) is 10.6. The van der Waals surface area contributed by atoms with Crippen LogP contribution in [0.5, 0.6) is 5.75 Å². The molecular weight excluding hydrogens is 253 g/mol. The second-order valence-corrected chi connectivity index (χ2v) is 3.44. The summed E-state index contributed by atoms with van der Waals surface area (Å²) in [5.74, 6) is 0.650. The SMILES string of the molecule is Nc1cccc(Br)c1OC/C=C/Cl. The van der Waals surface area contributed by atoms with Crippen LogP contribution in [0.25, 0.3) is 0 Å². The van der Waals surface area contributed by atoms with Gasteiger partial charge >= 0.3 is 0 Å². The fourth-order valence-electron chi connectivity index (χ4n) is 0.846. The summed E-state index contributed by atoms with van der Waals surface area (Å²) in [5, 5.41) is 0. The molecule has 2 nitrogen and oxygen atoms in total. The predicted molar refractivity (Wildman–Crippen MR) is 59.0 cm³/mol. The van der Waals surface area contributed by atoms with E-state index in [0.717, 1.165) is 4.47 Å². The van der Waals surface area contributed by atoms with Crippen molar-refractivity contribution in [2.45, 2.75) is 0 Å². The van der Waals surface area contributed by atoms with Crippen molar-refractivity contribution in [1.82, 2.24) is 0 Å². The van der Waals surface area contributed by atoms with Gasteiger partial charge in [0.05, 0.1) is 10.2 Å². The minimum Gasteiger partial charge on any atom is -0.486 e. The molecule has 0 aliphatic heterocycles. The zero-order valence-electron chi connectivity index (χ0n) is 6.84. The van der Waals surface area contributed by atoms with Crippen molar-refractivity contribution in [3.05, 3.63) is 34.3 Å². The molecular formula is C9H9BrClNO. The van der Waals surface area contributed by atoms with E-state index in [-0.39, 0.29) is 0 Å². The van der Waals surface area contributed by atoms with Crippen LogP contribution < -0.4 is 10.5 Å². The molecule has 0 spiro atoms. The molecule has 0 aliphatic rings. The minimum atomic E-state index is 0.413. The van der Waals surface area contributed by atoms with Gasteiger partial charge in [-0.05, 0) is 34.1 Å². The molecule has 13 heavy (non-hydrogen) atoms. The van der Waals surface area contributed by atoms with E-state index in [9.17, 15) is 0 Å². The molecule has 0 amide bonds. The molecule has 4 heteroatoms. The van der Waals surface area contributed by atoms with Crippen LogP contribution in [-0.4, -0.2) is 6.61 Å². The average molecular weight is 263 g/mol. The summed E-state index contributed by atoms with van der Waals surface area (Å²) in [6.07, 6.45) is 1.69. The second-order valence-electron chi connectivity index (χ2n) is 2.33. The Hall–Kier alpha value is -0.670. The van der Waals surface area contributed by atoms with Crippen molar-refractivity contribution in [2.75, 3.05) is 12.3 Å². The number of nitrogen functional groups attached to an aromatic ring is 1. The van der Waals surface area contributed by atoms with Crippen molar-refractivity contribution in [2.24, 2.45) is 0 Å². The van der Waals surface area contributed by atoms with Crippen molar-refractivity contribution < 1.29 is 4.74 Å². The van der Waals surface area contributed by atoms with Crippen molar-refractivity contribution >= 4 is 33.2 Å². The molecule has 0 unspecified atom stereocenters. The number of hydrogen-bond acceptors (Lipinski definition) is 2. The molecule has 2 N–H and O–H groups in total. The molecule has 0 saturated carbocycles. The summed E-state index contributed by atoms with van der Waals surface area (Å²) in [4.78, 5) is 0. The lowest BCUT2D eigenvalue weighted by Gasteiger charge is -2.07. The highest BCUT2D eigenvalue weighted by atomic mass is 79.9. The molecule has 0 radical (unpaired) electrons. The number of nitrogens with two attached hydrogens (primary N) is 1. The lowest BCUT2D eigenvalue weighted by molar-refractivity contribution is 0.363. The summed E-state index contributed by atoms with van der Waals surface area (Å²) in [6, 6.07) is 5.50. The lowest BCUT2D eigenvalue weighted by Crippen LogP contribution is -1.98. The zero-order chi connectivity index (χ0) is 9.68. The molecule has 0 bridgehead atoms. The molecule has 1 rings (SSSR count). The van der Waals surface area contributed by atoms with Gasteiger partial charge in [0.15, 0.2) is 5.75 Å². The highest BCUT2D eigenvalue weighted by Crippen LogP contribution is 2.30. The van der Waals surface area contributed by atoms with Crippen LogP contribution in [0.4, 0.5) is 5.69 Å². The third-order valence-corrected chi connectivity index (χ3v) is 2.21. The van der Waals surface area contributed by atoms with Crippen molar-refractivity contribution in [3.63, 3.8) is 0 Å². The third-order valence-electron chi connectivity index (χ3n) is 1.41. The molecule has 0 saturated heterocycles. The fraction of sp³-hybridized carbons (Fsp3) is 0.111. The monoisotopic (exact) mass is 261 g/mol. The molecule has 0 heterocycles. The Bertz CT molecular complexity index is 294. The van der Waals surface area contributed by atoms with Crippen LogP contribution in [0.15, 0.2) is 34.3 Å². The van der Waals surface area contributed by atoms with E-state index in [1.165, 1.54) is 5.54 Å². The number of halogens is 2. The van der Waals surface area contributed by atoms with Gasteiger partial charge in [0, 0.05) is 5.54 Å². The van der Waals surface area contributed by atoms with Crippen LogP contribution in [0, 0.1) is 0 Å². The summed E-state index contributed by atoms with van der Waals surface area (Å²) in [6.45, 7) is 0.413. The van der Waals surface area contributed by atoms with Gasteiger partial charge in [-0.25, -0.2) is 0 Å². The highest BCUT2D eigenvalue weighted by Gasteiger charge is 2.03. The standard InChI is InChI=1S/C9H9BrClNO/c10-7-3-1-4-8(12)9(7)13-6-2-5-11/h1-5H,6,12H2/b5-2+. The number of rotatable bonds is 3. The summed E-state index contributed by atoms with van der Waals surface area (Å²) < 4.78 is 6.21. The first-order valence-corrected chi connectivity index (χ1v) is 4.90. The first-order valence-electron chi connectivity index (χ1n) is 3.67. The summed E-state index contributed by atoms with van der Waals surface area (Å²) >= 11 is 8.68. The first-order chi connectivity index (χ1) is 6.25. The van der Waals surface area contributed by atoms with Gasteiger partial charge in [-0.3, -0.25) is 0 Å². The molecule has 70 valence electrons. The van der Waals surface area contributed by atoms with Gasteiger partial charge in [-0.15, -0.1) is 0 Å². The quantitative estimate of drug-likeness (QED) is 0.849. The van der Waals surface area contributed by atoms with E-state index in [1.54, 1.807) is 12.1 Å². The Morgan fingerprint density at radius 1 is 1.54 bits per heavy atom. The number of benzene rings is 1. The van der Waals surface area contributed by atoms with E-state index in [4.69, 9.17) is 22.1 Å². The van der Waals surface area contributed by atoms with Crippen LogP contribution in [0.1, 0.15) is 0 Å². The smallest absolute Gasteiger partial charge is 0.156 e. The van der Waals surface area contributed by atoms with Crippen LogP contribution >= 0.6 is 27.5 Å². The van der Waals surface area contributed by atoms with Crippen molar-refractivity contribution in [3.8, 4) is 5.75 Å². The number of anilines is 1. The Morgan fingerprint density at radius 3 is 2.92 bits per heavy atom. The Balaban J connectivity index is 2.75. The van der Waals surface area contributed by atoms with Gasteiger partial charge < -0.3 is 10.5 Å². The van der Waals surface area contributed by atoms with Gasteiger partial charge in [0.1, 0.15) is 6.61 Å². The van der Waals surface area contributed by atoms with Gasteiger partial charge in [0.2, 0.25) is 0 Å². The van der Waals surface area contributed by atoms with Crippen LogP contribution in [0.3, 0.4) is 0 Å². The summed E-state index contributed by atoms with van der Waals surface area (Å²) in [7, 11) is 0.